The molecule has 2 aromatic rings. The summed E-state index contributed by atoms with van der Waals surface area (Å²) in [6.45, 7) is 3.87. The summed E-state index contributed by atoms with van der Waals surface area (Å²) in [7, 11) is 2.14. The molecule has 5 nitrogen and oxygen atoms in total. The first kappa shape index (κ1) is 16.2. The lowest BCUT2D eigenvalue weighted by molar-refractivity contribution is -0.0196. The Bertz CT molecular complexity index is 775. The Hall–Kier alpha value is -2.27. The molecular formula is C20H24N2O3. The van der Waals surface area contributed by atoms with E-state index >= 15 is 0 Å². The third kappa shape index (κ3) is 3.16. The van der Waals surface area contributed by atoms with Gasteiger partial charge in [-0.3, -0.25) is 4.79 Å². The molecule has 2 aliphatic rings. The first-order valence-corrected chi connectivity index (χ1v) is 8.88. The quantitative estimate of drug-likeness (QED) is 0.911. The predicted octanol–water partition coefficient (Wildman–Crippen LogP) is 3.31. The van der Waals surface area contributed by atoms with Crippen molar-refractivity contribution in [3.63, 3.8) is 0 Å². The standard InChI is InChI=1S/C20H24N2O3/c1-14-7-8-18(24-14)19(23)21-16-13-20(9-11-22(2)12-10-20)25-17-6-4-3-5-15(16)17/h3-8,16H,9-13H2,1-2H3,(H,21,23). The topological polar surface area (TPSA) is 54.7 Å². The van der Waals surface area contributed by atoms with E-state index in [9.17, 15) is 4.79 Å². The van der Waals surface area contributed by atoms with Crippen LogP contribution in [0, 0.1) is 6.92 Å². The molecule has 1 N–H and O–H groups in total. The number of hydrogen-bond donors (Lipinski definition) is 1. The van der Waals surface area contributed by atoms with Gasteiger partial charge in [0.15, 0.2) is 5.76 Å². The van der Waals surface area contributed by atoms with E-state index in [1.807, 2.05) is 37.3 Å². The fourth-order valence-corrected chi connectivity index (χ4v) is 3.87. The van der Waals surface area contributed by atoms with Gasteiger partial charge in [0, 0.05) is 25.1 Å². The number of rotatable bonds is 2. The van der Waals surface area contributed by atoms with Crippen LogP contribution in [0.4, 0.5) is 0 Å². The first-order chi connectivity index (χ1) is 12.0. The zero-order chi connectivity index (χ0) is 17.4. The van der Waals surface area contributed by atoms with Crippen molar-refractivity contribution in [2.45, 2.75) is 37.8 Å². The summed E-state index contributed by atoms with van der Waals surface area (Å²) in [5, 5.41) is 3.16. The third-order valence-corrected chi connectivity index (χ3v) is 5.36. The Morgan fingerprint density at radius 3 is 2.68 bits per heavy atom. The normalized spacial score (nSPS) is 22.2. The van der Waals surface area contributed by atoms with Crippen molar-refractivity contribution in [2.24, 2.45) is 0 Å². The molecule has 4 rings (SSSR count). The Labute approximate surface area is 148 Å². The number of likely N-dealkylation sites (tertiary alicyclic amines) is 1. The maximum Gasteiger partial charge on any atom is 0.287 e. The number of ether oxygens (including phenoxy) is 1. The molecule has 1 amide bonds. The number of fused-ring (bicyclic) bond motifs is 1. The van der Waals surface area contributed by atoms with Gasteiger partial charge in [-0.05, 0) is 45.0 Å². The van der Waals surface area contributed by atoms with Gasteiger partial charge in [0.25, 0.3) is 5.91 Å². The van der Waals surface area contributed by atoms with Gasteiger partial charge in [0.05, 0.1) is 6.04 Å². The van der Waals surface area contributed by atoms with E-state index in [4.69, 9.17) is 9.15 Å². The second kappa shape index (κ2) is 6.23. The molecule has 3 heterocycles. The fourth-order valence-electron chi connectivity index (χ4n) is 3.87. The van der Waals surface area contributed by atoms with Gasteiger partial charge in [-0.1, -0.05) is 18.2 Å². The molecule has 1 aromatic heterocycles. The SMILES string of the molecule is Cc1ccc(C(=O)NC2CC3(CCN(C)CC3)Oc3ccccc32)o1. The van der Waals surface area contributed by atoms with E-state index in [-0.39, 0.29) is 17.6 Å². The van der Waals surface area contributed by atoms with Gasteiger partial charge in [-0.15, -0.1) is 0 Å². The van der Waals surface area contributed by atoms with Crippen LogP contribution in [0.1, 0.15) is 47.2 Å². The summed E-state index contributed by atoms with van der Waals surface area (Å²) in [6.07, 6.45) is 2.75. The maximum absolute atomic E-state index is 12.6. The smallest absolute Gasteiger partial charge is 0.287 e. The molecule has 1 spiro atoms. The average Bonchev–Trinajstić information content (AvgIpc) is 3.04. The number of carbonyl (C=O) groups is 1. The number of furan rings is 1. The second-order valence-electron chi connectivity index (χ2n) is 7.27. The highest BCUT2D eigenvalue weighted by Crippen LogP contribution is 2.44. The second-order valence-corrected chi connectivity index (χ2v) is 7.27. The van der Waals surface area contributed by atoms with Crippen molar-refractivity contribution in [1.82, 2.24) is 10.2 Å². The van der Waals surface area contributed by atoms with E-state index in [1.54, 1.807) is 6.07 Å². The maximum atomic E-state index is 12.6. The molecule has 1 saturated heterocycles. The molecule has 132 valence electrons. The molecule has 0 saturated carbocycles. The summed E-state index contributed by atoms with van der Waals surface area (Å²) >= 11 is 0. The monoisotopic (exact) mass is 340 g/mol. The largest absolute Gasteiger partial charge is 0.487 e. The predicted molar refractivity (Wildman–Crippen MR) is 94.8 cm³/mol. The summed E-state index contributed by atoms with van der Waals surface area (Å²) < 4.78 is 11.9. The van der Waals surface area contributed by atoms with Crippen molar-refractivity contribution < 1.29 is 13.9 Å². The number of carbonyl (C=O) groups excluding carboxylic acids is 1. The lowest BCUT2D eigenvalue weighted by atomic mass is 9.80. The van der Waals surface area contributed by atoms with Gasteiger partial charge in [-0.25, -0.2) is 0 Å². The van der Waals surface area contributed by atoms with E-state index < -0.39 is 0 Å². The number of hydrogen-bond acceptors (Lipinski definition) is 4. The zero-order valence-electron chi connectivity index (χ0n) is 14.7. The number of para-hydroxylation sites is 1. The van der Waals surface area contributed by atoms with Gasteiger partial charge in [0.1, 0.15) is 17.1 Å². The van der Waals surface area contributed by atoms with Crippen molar-refractivity contribution in [3.8, 4) is 5.75 Å². The van der Waals surface area contributed by atoms with Crippen LogP contribution in [0.2, 0.25) is 0 Å². The highest BCUT2D eigenvalue weighted by atomic mass is 16.5. The van der Waals surface area contributed by atoms with Crippen LogP contribution < -0.4 is 10.1 Å². The van der Waals surface area contributed by atoms with Crippen LogP contribution in [0.3, 0.4) is 0 Å². The first-order valence-electron chi connectivity index (χ1n) is 8.88. The molecule has 0 radical (unpaired) electrons. The molecular weight excluding hydrogens is 316 g/mol. The molecule has 5 heteroatoms. The molecule has 0 aliphatic carbocycles. The van der Waals surface area contributed by atoms with E-state index in [1.165, 1.54) is 0 Å². The number of nitrogens with zero attached hydrogens (tertiary/aromatic N) is 1. The molecule has 1 unspecified atom stereocenters. The number of piperidine rings is 1. The zero-order valence-corrected chi connectivity index (χ0v) is 14.7. The summed E-state index contributed by atoms with van der Waals surface area (Å²) in [4.78, 5) is 14.9. The number of amides is 1. The van der Waals surface area contributed by atoms with Crippen LogP contribution in [-0.2, 0) is 0 Å². The van der Waals surface area contributed by atoms with Crippen LogP contribution in [-0.4, -0.2) is 36.5 Å². The lowest BCUT2D eigenvalue weighted by Gasteiger charge is -2.46. The van der Waals surface area contributed by atoms with Crippen LogP contribution in [0.15, 0.2) is 40.8 Å². The number of aryl methyl sites for hydroxylation is 1. The molecule has 0 bridgehead atoms. The third-order valence-electron chi connectivity index (χ3n) is 5.36. The van der Waals surface area contributed by atoms with E-state index in [0.717, 1.165) is 49.4 Å². The van der Waals surface area contributed by atoms with Crippen LogP contribution in [0.5, 0.6) is 5.75 Å². The summed E-state index contributed by atoms with van der Waals surface area (Å²) in [6, 6.07) is 11.5. The van der Waals surface area contributed by atoms with Crippen LogP contribution >= 0.6 is 0 Å². The number of nitrogens with one attached hydrogen (secondary N) is 1. The molecule has 1 fully saturated rings. The Kier molecular flexibility index (Phi) is 4.04. The molecule has 25 heavy (non-hydrogen) atoms. The average molecular weight is 340 g/mol. The Morgan fingerprint density at radius 1 is 1.20 bits per heavy atom. The van der Waals surface area contributed by atoms with Crippen molar-refractivity contribution >= 4 is 5.91 Å². The molecule has 1 aromatic carbocycles. The fraction of sp³-hybridized carbons (Fsp3) is 0.450. The van der Waals surface area contributed by atoms with Crippen molar-refractivity contribution in [1.29, 1.82) is 0 Å². The van der Waals surface area contributed by atoms with E-state index in [2.05, 4.69) is 17.3 Å². The number of benzene rings is 1. The van der Waals surface area contributed by atoms with Crippen molar-refractivity contribution in [2.75, 3.05) is 20.1 Å². The van der Waals surface area contributed by atoms with Gasteiger partial charge >= 0.3 is 0 Å². The highest BCUT2D eigenvalue weighted by molar-refractivity contribution is 5.91. The highest BCUT2D eigenvalue weighted by Gasteiger charge is 2.43. The minimum absolute atomic E-state index is 0.0636. The molecule has 2 aliphatic heterocycles. The van der Waals surface area contributed by atoms with Crippen LogP contribution in [0.25, 0.3) is 0 Å². The van der Waals surface area contributed by atoms with Gasteiger partial charge < -0.3 is 19.4 Å². The molecule has 1 atom stereocenters. The minimum Gasteiger partial charge on any atom is -0.487 e. The minimum atomic E-state index is -0.197. The lowest BCUT2D eigenvalue weighted by Crippen LogP contribution is -2.51. The van der Waals surface area contributed by atoms with Gasteiger partial charge in [0.2, 0.25) is 0 Å². The van der Waals surface area contributed by atoms with Crippen molar-refractivity contribution in [3.05, 3.63) is 53.5 Å². The van der Waals surface area contributed by atoms with Gasteiger partial charge in [-0.2, -0.15) is 0 Å². The summed E-state index contributed by atoms with van der Waals surface area (Å²) in [5.41, 5.74) is 0.849. The Balaban J connectivity index is 1.60. The summed E-state index contributed by atoms with van der Waals surface area (Å²) in [5.74, 6) is 1.82. The van der Waals surface area contributed by atoms with E-state index in [0.29, 0.717) is 5.76 Å². The Morgan fingerprint density at radius 2 is 1.96 bits per heavy atom.